The summed E-state index contributed by atoms with van der Waals surface area (Å²) in [6.07, 6.45) is -3.58. The molecule has 2 aliphatic rings. The first kappa shape index (κ1) is 21.6. The molecule has 0 N–H and O–H groups in total. The van der Waals surface area contributed by atoms with Gasteiger partial charge in [-0.2, -0.15) is 13.2 Å². The maximum absolute atomic E-state index is 13.3. The van der Waals surface area contributed by atoms with Crippen molar-refractivity contribution in [3.8, 4) is 0 Å². The number of rotatable bonds is 2. The number of fused-ring (bicyclic) bond motifs is 1. The zero-order chi connectivity index (χ0) is 20.1. The number of halogens is 4. The first-order valence-electron chi connectivity index (χ1n) is 9.34. The van der Waals surface area contributed by atoms with E-state index in [1.807, 2.05) is 12.1 Å². The zero-order valence-electron chi connectivity index (χ0n) is 16.2. The van der Waals surface area contributed by atoms with Crippen molar-refractivity contribution in [2.75, 3.05) is 26.7 Å². The van der Waals surface area contributed by atoms with E-state index in [9.17, 15) is 18.0 Å². The van der Waals surface area contributed by atoms with Crippen molar-refractivity contribution >= 4 is 18.3 Å². The summed E-state index contributed by atoms with van der Waals surface area (Å²) in [6.45, 7) is 3.83. The van der Waals surface area contributed by atoms with E-state index >= 15 is 0 Å². The molecule has 2 aliphatic heterocycles. The second-order valence-electron chi connectivity index (χ2n) is 7.77. The smallest absolute Gasteiger partial charge is 0.338 e. The van der Waals surface area contributed by atoms with Crippen molar-refractivity contribution in [3.05, 3.63) is 65.0 Å². The SMILES string of the molecule is Cc1ccccc1[C@@H]1[C@@H]2CN(C(=O)c3cccnc3C(F)(F)F)C[C@@H]2CN1C.Cl. The van der Waals surface area contributed by atoms with Gasteiger partial charge in [-0.15, -0.1) is 12.4 Å². The van der Waals surface area contributed by atoms with Gasteiger partial charge in [0.05, 0.1) is 5.56 Å². The maximum Gasteiger partial charge on any atom is 0.434 e. The van der Waals surface area contributed by atoms with Gasteiger partial charge in [-0.05, 0) is 43.1 Å². The third-order valence-corrected chi connectivity index (χ3v) is 6.00. The van der Waals surface area contributed by atoms with Crippen molar-refractivity contribution in [1.82, 2.24) is 14.8 Å². The monoisotopic (exact) mass is 425 g/mol. The average Bonchev–Trinajstić information content (AvgIpc) is 3.18. The van der Waals surface area contributed by atoms with E-state index in [2.05, 4.69) is 36.0 Å². The molecule has 0 unspecified atom stereocenters. The molecule has 3 heterocycles. The molecule has 0 spiro atoms. The number of nitrogens with zero attached hydrogens (tertiary/aromatic N) is 3. The number of likely N-dealkylation sites (tertiary alicyclic amines) is 2. The fraction of sp³-hybridized carbons (Fsp3) is 0.429. The minimum absolute atomic E-state index is 0. The molecule has 0 aliphatic carbocycles. The Kier molecular flexibility index (Phi) is 5.92. The number of pyridine rings is 1. The third kappa shape index (κ3) is 3.85. The highest BCUT2D eigenvalue weighted by Crippen LogP contribution is 2.45. The lowest BCUT2D eigenvalue weighted by atomic mass is 9.88. The summed E-state index contributed by atoms with van der Waals surface area (Å²) in [5.74, 6) is -0.119. The Labute approximate surface area is 174 Å². The van der Waals surface area contributed by atoms with Crippen LogP contribution in [0.1, 0.15) is 33.2 Å². The van der Waals surface area contributed by atoms with Gasteiger partial charge in [0, 0.05) is 37.8 Å². The standard InChI is InChI=1S/C21H22F3N3O.ClH/c1-13-6-3-4-7-15(13)18-17-12-27(11-14(17)10-26(18)2)20(28)16-8-5-9-25-19(16)21(22,23)24;/h3-9,14,17-18H,10-12H2,1-2H3;1H/t14-,17+,18+;/m0./s1. The Balaban J connectivity index is 0.00000240. The minimum Gasteiger partial charge on any atom is -0.338 e. The van der Waals surface area contributed by atoms with Gasteiger partial charge >= 0.3 is 6.18 Å². The van der Waals surface area contributed by atoms with E-state index in [1.165, 1.54) is 23.3 Å². The fourth-order valence-corrected chi connectivity index (χ4v) is 4.78. The Hall–Kier alpha value is -2.12. The van der Waals surface area contributed by atoms with Crippen molar-refractivity contribution in [1.29, 1.82) is 0 Å². The Morgan fingerprint density at radius 2 is 1.83 bits per heavy atom. The highest BCUT2D eigenvalue weighted by atomic mass is 35.5. The lowest BCUT2D eigenvalue weighted by Crippen LogP contribution is -2.34. The molecule has 156 valence electrons. The van der Waals surface area contributed by atoms with Crippen LogP contribution >= 0.6 is 12.4 Å². The number of aryl methyl sites for hydroxylation is 1. The van der Waals surface area contributed by atoms with E-state index in [-0.39, 0.29) is 35.8 Å². The molecule has 3 atom stereocenters. The molecule has 0 saturated carbocycles. The normalized spacial score (nSPS) is 24.3. The van der Waals surface area contributed by atoms with Gasteiger partial charge in [-0.3, -0.25) is 14.7 Å². The highest BCUT2D eigenvalue weighted by molar-refractivity contribution is 5.95. The molecule has 29 heavy (non-hydrogen) atoms. The molecule has 2 aromatic rings. The van der Waals surface area contributed by atoms with Crippen LogP contribution in [0.25, 0.3) is 0 Å². The van der Waals surface area contributed by atoms with Crippen LogP contribution in [0.15, 0.2) is 42.6 Å². The van der Waals surface area contributed by atoms with E-state index in [0.29, 0.717) is 13.1 Å². The number of aromatic nitrogens is 1. The molecule has 4 rings (SSSR count). The summed E-state index contributed by atoms with van der Waals surface area (Å²) in [6, 6.07) is 10.9. The molecular weight excluding hydrogens is 403 g/mol. The molecule has 0 radical (unpaired) electrons. The molecule has 1 aromatic heterocycles. The van der Waals surface area contributed by atoms with Crippen molar-refractivity contribution in [2.45, 2.75) is 19.1 Å². The average molecular weight is 426 g/mol. The van der Waals surface area contributed by atoms with Crippen LogP contribution in [-0.2, 0) is 6.18 Å². The van der Waals surface area contributed by atoms with Gasteiger partial charge in [0.25, 0.3) is 5.91 Å². The van der Waals surface area contributed by atoms with Crippen molar-refractivity contribution in [2.24, 2.45) is 11.8 Å². The number of benzene rings is 1. The van der Waals surface area contributed by atoms with Gasteiger partial charge in [0.1, 0.15) is 0 Å². The van der Waals surface area contributed by atoms with Crippen LogP contribution in [0.4, 0.5) is 13.2 Å². The summed E-state index contributed by atoms with van der Waals surface area (Å²) in [4.78, 5) is 20.2. The largest absolute Gasteiger partial charge is 0.434 e. The lowest BCUT2D eigenvalue weighted by molar-refractivity contribution is -0.141. The van der Waals surface area contributed by atoms with Gasteiger partial charge in [0.15, 0.2) is 5.69 Å². The van der Waals surface area contributed by atoms with Gasteiger partial charge in [-0.25, -0.2) is 0 Å². The summed E-state index contributed by atoms with van der Waals surface area (Å²) >= 11 is 0. The van der Waals surface area contributed by atoms with Gasteiger partial charge in [0.2, 0.25) is 0 Å². The quantitative estimate of drug-likeness (QED) is 0.723. The molecule has 1 aromatic carbocycles. The summed E-state index contributed by atoms with van der Waals surface area (Å²) in [7, 11) is 2.07. The van der Waals surface area contributed by atoms with E-state index in [4.69, 9.17) is 0 Å². The van der Waals surface area contributed by atoms with Crippen LogP contribution in [0.5, 0.6) is 0 Å². The first-order chi connectivity index (χ1) is 13.3. The van der Waals surface area contributed by atoms with E-state index in [1.54, 1.807) is 4.90 Å². The molecule has 2 fully saturated rings. The van der Waals surface area contributed by atoms with Crippen LogP contribution in [0, 0.1) is 18.8 Å². The summed E-state index contributed by atoms with van der Waals surface area (Å²) < 4.78 is 39.8. The number of carbonyl (C=O) groups excluding carboxylic acids is 1. The number of hydrogen-bond donors (Lipinski definition) is 0. The number of carbonyl (C=O) groups is 1. The Morgan fingerprint density at radius 3 is 2.52 bits per heavy atom. The maximum atomic E-state index is 13.3. The second kappa shape index (κ2) is 7.95. The molecule has 4 nitrogen and oxygen atoms in total. The highest BCUT2D eigenvalue weighted by Gasteiger charge is 2.48. The molecule has 8 heteroatoms. The first-order valence-corrected chi connectivity index (χ1v) is 9.34. The molecular formula is C21H23ClF3N3O. The van der Waals surface area contributed by atoms with E-state index < -0.39 is 17.8 Å². The predicted molar refractivity (Wildman–Crippen MR) is 106 cm³/mol. The molecule has 0 bridgehead atoms. The number of hydrogen-bond acceptors (Lipinski definition) is 3. The van der Waals surface area contributed by atoms with Crippen LogP contribution in [0.3, 0.4) is 0 Å². The Morgan fingerprint density at radius 1 is 1.10 bits per heavy atom. The third-order valence-electron chi connectivity index (χ3n) is 6.00. The topological polar surface area (TPSA) is 36.4 Å². The van der Waals surface area contributed by atoms with Crippen molar-refractivity contribution < 1.29 is 18.0 Å². The lowest BCUT2D eigenvalue weighted by Gasteiger charge is -2.28. The predicted octanol–water partition coefficient (Wildman–Crippen LogP) is 4.21. The number of amides is 1. The second-order valence-corrected chi connectivity index (χ2v) is 7.77. The minimum atomic E-state index is -4.65. The molecule has 1 amide bonds. The van der Waals surface area contributed by atoms with Gasteiger partial charge < -0.3 is 4.90 Å². The fourth-order valence-electron chi connectivity index (χ4n) is 4.78. The van der Waals surface area contributed by atoms with Crippen LogP contribution in [-0.4, -0.2) is 47.4 Å². The van der Waals surface area contributed by atoms with Gasteiger partial charge in [-0.1, -0.05) is 24.3 Å². The van der Waals surface area contributed by atoms with E-state index in [0.717, 1.165) is 12.7 Å². The van der Waals surface area contributed by atoms with Crippen molar-refractivity contribution in [3.63, 3.8) is 0 Å². The summed E-state index contributed by atoms with van der Waals surface area (Å²) in [5, 5.41) is 0. The summed E-state index contributed by atoms with van der Waals surface area (Å²) in [5.41, 5.74) is 0.945. The number of alkyl halides is 3. The zero-order valence-corrected chi connectivity index (χ0v) is 17.0. The Bertz CT molecular complexity index is 905. The van der Waals surface area contributed by atoms with Crippen LogP contribution in [0.2, 0.25) is 0 Å². The molecule has 2 saturated heterocycles. The van der Waals surface area contributed by atoms with Crippen LogP contribution < -0.4 is 0 Å².